The molecule has 0 aliphatic rings. The Morgan fingerprint density at radius 3 is 2.68 bits per heavy atom. The number of anilines is 1. The first-order valence-corrected chi connectivity index (χ1v) is 10.0. The average Bonchev–Trinajstić information content (AvgIpc) is 3.29. The lowest BCUT2D eigenvalue weighted by Crippen LogP contribution is -2.13. The summed E-state index contributed by atoms with van der Waals surface area (Å²) in [5, 5.41) is 6.98. The maximum atomic E-state index is 13.0. The van der Waals surface area contributed by atoms with Crippen molar-refractivity contribution in [1.29, 1.82) is 0 Å². The number of nitrogens with one attached hydrogen (secondary N) is 2. The van der Waals surface area contributed by atoms with Crippen LogP contribution < -0.4 is 10.9 Å². The van der Waals surface area contributed by atoms with E-state index in [9.17, 15) is 9.59 Å². The van der Waals surface area contributed by atoms with Crippen molar-refractivity contribution in [3.8, 4) is 17.2 Å². The van der Waals surface area contributed by atoms with Gasteiger partial charge in [-0.15, -0.1) is 0 Å². The minimum absolute atomic E-state index is 0.202. The van der Waals surface area contributed by atoms with E-state index in [0.717, 1.165) is 11.4 Å². The summed E-state index contributed by atoms with van der Waals surface area (Å²) >= 11 is 0. The monoisotopic (exact) mass is 417 g/mol. The number of hydrogen-bond donors (Lipinski definition) is 2. The lowest BCUT2D eigenvalue weighted by molar-refractivity contribution is 0.102. The van der Waals surface area contributed by atoms with Gasteiger partial charge in [0.25, 0.3) is 11.5 Å². The van der Waals surface area contributed by atoms with Crippen LogP contribution in [-0.4, -0.2) is 25.6 Å². The smallest absolute Gasteiger partial charge is 0.257 e. The van der Waals surface area contributed by atoms with E-state index >= 15 is 0 Å². The van der Waals surface area contributed by atoms with Crippen LogP contribution >= 0.6 is 0 Å². The second kappa shape index (κ2) is 8.06. The second-order valence-corrected chi connectivity index (χ2v) is 7.39. The fraction of sp³-hybridized carbons (Fsp3) is 0.217. The van der Waals surface area contributed by atoms with Gasteiger partial charge in [-0.1, -0.05) is 24.2 Å². The molecule has 4 aromatic rings. The molecular formula is C23H23N5O3. The summed E-state index contributed by atoms with van der Waals surface area (Å²) in [7, 11) is 0. The Balaban J connectivity index is 1.62. The maximum Gasteiger partial charge on any atom is 0.257 e. The van der Waals surface area contributed by atoms with E-state index in [1.54, 1.807) is 12.1 Å². The van der Waals surface area contributed by atoms with Crippen LogP contribution in [-0.2, 0) is 6.42 Å². The topological polar surface area (TPSA) is 106 Å². The van der Waals surface area contributed by atoms with E-state index in [1.165, 1.54) is 6.07 Å². The first-order valence-electron chi connectivity index (χ1n) is 10.0. The largest absolute Gasteiger partial charge is 0.360 e. The zero-order valence-corrected chi connectivity index (χ0v) is 17.8. The van der Waals surface area contributed by atoms with Crippen LogP contribution in [0.4, 0.5) is 5.69 Å². The number of aryl methyl sites for hydroxylation is 3. The number of aromatic nitrogens is 4. The normalized spacial score (nSPS) is 11.0. The molecule has 0 aliphatic heterocycles. The van der Waals surface area contributed by atoms with Crippen LogP contribution in [0.1, 0.15) is 40.1 Å². The molecule has 1 amide bonds. The van der Waals surface area contributed by atoms with Crippen LogP contribution in [0.2, 0.25) is 0 Å². The summed E-state index contributed by atoms with van der Waals surface area (Å²) in [5.74, 6) is 1.57. The zero-order chi connectivity index (χ0) is 22.1. The van der Waals surface area contributed by atoms with Crippen LogP contribution in [0.25, 0.3) is 17.2 Å². The van der Waals surface area contributed by atoms with E-state index in [2.05, 4.69) is 20.4 Å². The summed E-state index contributed by atoms with van der Waals surface area (Å²) < 4.78 is 7.05. The van der Waals surface area contributed by atoms with Crippen molar-refractivity contribution in [3.05, 3.63) is 81.2 Å². The molecule has 158 valence electrons. The third-order valence-corrected chi connectivity index (χ3v) is 5.07. The Morgan fingerprint density at radius 1 is 1.16 bits per heavy atom. The summed E-state index contributed by atoms with van der Waals surface area (Å²) in [4.78, 5) is 32.1. The number of aromatic amines is 1. The number of hydrogen-bond acceptors (Lipinski definition) is 5. The van der Waals surface area contributed by atoms with Gasteiger partial charge in [-0.05, 0) is 45.4 Å². The van der Waals surface area contributed by atoms with Crippen LogP contribution in [0.3, 0.4) is 0 Å². The van der Waals surface area contributed by atoms with Crippen LogP contribution in [0.15, 0.2) is 51.8 Å². The van der Waals surface area contributed by atoms with Gasteiger partial charge >= 0.3 is 0 Å². The predicted octanol–water partition coefficient (Wildman–Crippen LogP) is 3.96. The first kappa shape index (κ1) is 20.3. The number of nitrogens with zero attached hydrogens (tertiary/aromatic N) is 3. The number of benzene rings is 1. The molecule has 1 aromatic carbocycles. The van der Waals surface area contributed by atoms with Gasteiger partial charge < -0.3 is 14.8 Å². The minimum Gasteiger partial charge on any atom is -0.360 e. The standard InChI is InChI=1S/C23H23N5O3/c1-5-17-12-21(29)26-22(24-17)16-7-6-8-18(11-16)25-23(30)19-9-13(2)28(15(19)4)20-10-14(3)31-27-20/h6-12H,5H2,1-4H3,(H,25,30)(H,24,26,29). The summed E-state index contributed by atoms with van der Waals surface area (Å²) in [6.45, 7) is 7.55. The molecule has 0 atom stereocenters. The second-order valence-electron chi connectivity index (χ2n) is 7.39. The van der Waals surface area contributed by atoms with Gasteiger partial charge in [0.2, 0.25) is 0 Å². The molecule has 0 fully saturated rings. The number of carbonyl (C=O) groups excluding carboxylic acids is 1. The van der Waals surface area contributed by atoms with Gasteiger partial charge in [0, 0.05) is 40.5 Å². The SMILES string of the molecule is CCc1cc(=O)[nH]c(-c2cccc(NC(=O)c3cc(C)n(-c4cc(C)on4)c3C)c2)n1. The fourth-order valence-electron chi connectivity index (χ4n) is 3.57. The third-order valence-electron chi connectivity index (χ3n) is 5.07. The highest BCUT2D eigenvalue weighted by atomic mass is 16.5. The predicted molar refractivity (Wildman–Crippen MR) is 118 cm³/mol. The average molecular weight is 417 g/mol. The summed E-state index contributed by atoms with van der Waals surface area (Å²) in [5.41, 5.74) is 4.02. The molecule has 0 aliphatic carbocycles. The minimum atomic E-state index is -0.236. The molecule has 8 heteroatoms. The molecule has 4 rings (SSSR count). The van der Waals surface area contributed by atoms with Crippen molar-refractivity contribution in [2.24, 2.45) is 0 Å². The Kier molecular flexibility index (Phi) is 5.29. The molecule has 3 heterocycles. The maximum absolute atomic E-state index is 13.0. The zero-order valence-electron chi connectivity index (χ0n) is 17.8. The molecule has 31 heavy (non-hydrogen) atoms. The van der Waals surface area contributed by atoms with Crippen molar-refractivity contribution in [1.82, 2.24) is 19.7 Å². The number of carbonyl (C=O) groups is 1. The van der Waals surface area contributed by atoms with Crippen molar-refractivity contribution in [2.75, 3.05) is 5.32 Å². The molecule has 0 saturated heterocycles. The van der Waals surface area contributed by atoms with Crippen LogP contribution in [0, 0.1) is 20.8 Å². The van der Waals surface area contributed by atoms with Gasteiger partial charge in [0.15, 0.2) is 5.82 Å². The molecule has 0 radical (unpaired) electrons. The third kappa shape index (κ3) is 4.05. The highest BCUT2D eigenvalue weighted by Crippen LogP contribution is 2.23. The highest BCUT2D eigenvalue weighted by Gasteiger charge is 2.19. The Labute approximate surface area is 178 Å². The molecular weight excluding hydrogens is 394 g/mol. The molecule has 0 unspecified atom stereocenters. The molecule has 3 aromatic heterocycles. The van der Waals surface area contributed by atoms with Gasteiger partial charge in [-0.25, -0.2) is 4.98 Å². The molecule has 0 saturated carbocycles. The van der Waals surface area contributed by atoms with Crippen molar-refractivity contribution < 1.29 is 9.32 Å². The van der Waals surface area contributed by atoms with E-state index in [4.69, 9.17) is 4.52 Å². The lowest BCUT2D eigenvalue weighted by Gasteiger charge is -2.09. The van der Waals surface area contributed by atoms with Gasteiger partial charge in [-0.2, -0.15) is 0 Å². The van der Waals surface area contributed by atoms with Gasteiger partial charge in [0.05, 0.1) is 5.56 Å². The number of amides is 1. The summed E-state index contributed by atoms with van der Waals surface area (Å²) in [6.07, 6.45) is 0.661. The first-order chi connectivity index (χ1) is 14.9. The molecule has 8 nitrogen and oxygen atoms in total. The van der Waals surface area contributed by atoms with E-state index < -0.39 is 0 Å². The Hall–Kier alpha value is -3.94. The van der Waals surface area contributed by atoms with Crippen molar-refractivity contribution in [2.45, 2.75) is 34.1 Å². The number of rotatable bonds is 5. The Morgan fingerprint density at radius 2 is 1.97 bits per heavy atom. The van der Waals surface area contributed by atoms with E-state index in [-0.39, 0.29) is 11.5 Å². The fourth-order valence-corrected chi connectivity index (χ4v) is 3.57. The summed E-state index contributed by atoms with van der Waals surface area (Å²) in [6, 6.07) is 12.4. The van der Waals surface area contributed by atoms with Crippen molar-refractivity contribution >= 4 is 11.6 Å². The van der Waals surface area contributed by atoms with Crippen molar-refractivity contribution in [3.63, 3.8) is 0 Å². The number of H-pyrrole nitrogens is 1. The van der Waals surface area contributed by atoms with Gasteiger partial charge in [0.1, 0.15) is 11.6 Å². The van der Waals surface area contributed by atoms with E-state index in [0.29, 0.717) is 46.3 Å². The lowest BCUT2D eigenvalue weighted by atomic mass is 10.1. The van der Waals surface area contributed by atoms with E-state index in [1.807, 2.05) is 56.5 Å². The quantitative estimate of drug-likeness (QED) is 0.511. The molecule has 2 N–H and O–H groups in total. The van der Waals surface area contributed by atoms with Gasteiger partial charge in [-0.3, -0.25) is 14.2 Å². The molecule has 0 bridgehead atoms. The van der Waals surface area contributed by atoms with Crippen LogP contribution in [0.5, 0.6) is 0 Å². The Bertz CT molecular complexity index is 1330. The molecule has 0 spiro atoms. The highest BCUT2D eigenvalue weighted by molar-refractivity contribution is 6.05.